The van der Waals surface area contributed by atoms with Crippen molar-refractivity contribution in [1.29, 1.82) is 0 Å². The topological polar surface area (TPSA) is 57.4 Å². The average Bonchev–Trinajstić information content (AvgIpc) is 3.20. The molecule has 0 unspecified atom stereocenters. The Balaban J connectivity index is 1.67. The molecule has 2 heterocycles. The lowest BCUT2D eigenvalue weighted by atomic mass is 10.3. The summed E-state index contributed by atoms with van der Waals surface area (Å²) < 4.78 is 16.9. The summed E-state index contributed by atoms with van der Waals surface area (Å²) >= 11 is 1.56. The van der Waals surface area contributed by atoms with E-state index in [0.29, 0.717) is 18.4 Å². The van der Waals surface area contributed by atoms with Gasteiger partial charge < -0.3 is 13.9 Å². The molecule has 3 aromatic rings. The number of nitrogens with zero attached hydrogens (tertiary/aromatic N) is 2. The van der Waals surface area contributed by atoms with Crippen LogP contribution in [0, 0.1) is 0 Å². The molecule has 0 saturated carbocycles. The highest BCUT2D eigenvalue weighted by atomic mass is 32.1. The monoisotopic (exact) mass is 316 g/mol. The molecule has 114 valence electrons. The molecule has 0 radical (unpaired) electrons. The number of thiophene rings is 1. The summed E-state index contributed by atoms with van der Waals surface area (Å²) in [5, 5.41) is 10.1. The van der Waals surface area contributed by atoms with Crippen LogP contribution in [0.15, 0.2) is 46.2 Å². The summed E-state index contributed by atoms with van der Waals surface area (Å²) in [4.78, 5) is 0.951. The summed E-state index contributed by atoms with van der Waals surface area (Å²) in [5.41, 5.74) is 0. The van der Waals surface area contributed by atoms with E-state index in [-0.39, 0.29) is 6.10 Å². The molecular formula is C16H16N2O3S. The quantitative estimate of drug-likeness (QED) is 0.677. The Labute approximate surface area is 132 Å². The third kappa shape index (κ3) is 3.28. The van der Waals surface area contributed by atoms with Crippen LogP contribution in [-0.4, -0.2) is 16.8 Å². The fraction of sp³-hybridized carbons (Fsp3) is 0.250. The van der Waals surface area contributed by atoms with Crippen LogP contribution in [-0.2, 0) is 0 Å². The van der Waals surface area contributed by atoms with Gasteiger partial charge in [-0.05, 0) is 49.6 Å². The normalized spacial score (nSPS) is 12.1. The Morgan fingerprint density at radius 3 is 2.59 bits per heavy atom. The highest BCUT2D eigenvalue weighted by Gasteiger charge is 2.17. The van der Waals surface area contributed by atoms with Gasteiger partial charge in [-0.25, -0.2) is 0 Å². The van der Waals surface area contributed by atoms with Crippen LogP contribution < -0.4 is 9.47 Å². The van der Waals surface area contributed by atoms with E-state index in [1.165, 1.54) is 0 Å². The molecule has 0 fully saturated rings. The second-order valence-corrected chi connectivity index (χ2v) is 5.53. The van der Waals surface area contributed by atoms with Crippen molar-refractivity contribution in [3.63, 3.8) is 0 Å². The summed E-state index contributed by atoms with van der Waals surface area (Å²) in [5.74, 6) is 2.52. The Morgan fingerprint density at radius 1 is 1.14 bits per heavy atom. The van der Waals surface area contributed by atoms with Gasteiger partial charge in [-0.2, -0.15) is 0 Å². The van der Waals surface area contributed by atoms with Crippen molar-refractivity contribution in [3.8, 4) is 22.3 Å². The van der Waals surface area contributed by atoms with E-state index in [1.54, 1.807) is 11.3 Å². The minimum atomic E-state index is -0.320. The summed E-state index contributed by atoms with van der Waals surface area (Å²) in [6, 6.07) is 11.4. The zero-order valence-electron chi connectivity index (χ0n) is 12.4. The molecule has 0 bridgehead atoms. The van der Waals surface area contributed by atoms with Crippen molar-refractivity contribution in [3.05, 3.63) is 47.7 Å². The number of benzene rings is 1. The van der Waals surface area contributed by atoms with Gasteiger partial charge in [-0.15, -0.1) is 21.5 Å². The van der Waals surface area contributed by atoms with Crippen LogP contribution >= 0.6 is 11.3 Å². The van der Waals surface area contributed by atoms with Crippen molar-refractivity contribution >= 4 is 11.3 Å². The number of rotatable bonds is 6. The first-order chi connectivity index (χ1) is 10.8. The van der Waals surface area contributed by atoms with Crippen LogP contribution in [0.4, 0.5) is 0 Å². The first-order valence-corrected chi connectivity index (χ1v) is 7.91. The summed E-state index contributed by atoms with van der Waals surface area (Å²) in [6.45, 7) is 4.47. The van der Waals surface area contributed by atoms with Gasteiger partial charge in [0.2, 0.25) is 0 Å². The van der Waals surface area contributed by atoms with E-state index >= 15 is 0 Å². The van der Waals surface area contributed by atoms with Gasteiger partial charge in [0.15, 0.2) is 6.10 Å². The molecule has 1 aromatic carbocycles. The lowest BCUT2D eigenvalue weighted by molar-refractivity contribution is 0.189. The smallest absolute Gasteiger partial charge is 0.257 e. The van der Waals surface area contributed by atoms with Gasteiger partial charge in [-0.1, -0.05) is 6.07 Å². The molecule has 0 saturated heterocycles. The number of aromatic nitrogens is 2. The SMILES string of the molecule is CCOc1ccc(O[C@@H](C)c2nnc(-c3cccs3)o2)cc1. The van der Waals surface area contributed by atoms with Gasteiger partial charge in [0.05, 0.1) is 11.5 Å². The van der Waals surface area contributed by atoms with Crippen molar-refractivity contribution in [2.45, 2.75) is 20.0 Å². The van der Waals surface area contributed by atoms with E-state index in [1.807, 2.05) is 55.6 Å². The van der Waals surface area contributed by atoms with Crippen LogP contribution in [0.3, 0.4) is 0 Å². The minimum Gasteiger partial charge on any atom is -0.494 e. The molecule has 0 spiro atoms. The lowest BCUT2D eigenvalue weighted by Gasteiger charge is -2.11. The van der Waals surface area contributed by atoms with Crippen LogP contribution in [0.1, 0.15) is 25.8 Å². The van der Waals surface area contributed by atoms with Gasteiger partial charge in [-0.3, -0.25) is 0 Å². The Morgan fingerprint density at radius 2 is 1.91 bits per heavy atom. The molecule has 5 nitrogen and oxygen atoms in total. The highest BCUT2D eigenvalue weighted by Crippen LogP contribution is 2.27. The van der Waals surface area contributed by atoms with Gasteiger partial charge in [0.25, 0.3) is 11.8 Å². The standard InChI is InChI=1S/C16H16N2O3S/c1-3-19-12-6-8-13(9-7-12)20-11(2)15-17-18-16(21-15)14-5-4-10-22-14/h4-11H,3H2,1-2H3/t11-/m0/s1. The molecule has 0 aliphatic carbocycles. The first-order valence-electron chi connectivity index (χ1n) is 7.03. The molecule has 1 atom stereocenters. The Hall–Kier alpha value is -2.34. The Kier molecular flexibility index (Phi) is 4.39. The second-order valence-electron chi connectivity index (χ2n) is 4.59. The maximum Gasteiger partial charge on any atom is 0.257 e. The molecule has 6 heteroatoms. The molecular weight excluding hydrogens is 300 g/mol. The second kappa shape index (κ2) is 6.62. The minimum absolute atomic E-state index is 0.320. The average molecular weight is 316 g/mol. The molecule has 0 aliphatic heterocycles. The van der Waals surface area contributed by atoms with Gasteiger partial charge in [0.1, 0.15) is 11.5 Å². The number of hydrogen-bond donors (Lipinski definition) is 0. The molecule has 0 aliphatic rings. The largest absolute Gasteiger partial charge is 0.494 e. The Bertz CT molecular complexity index is 707. The molecule has 0 N–H and O–H groups in total. The fourth-order valence-electron chi connectivity index (χ4n) is 1.93. The maximum absolute atomic E-state index is 5.82. The molecule has 0 amide bonds. The highest BCUT2D eigenvalue weighted by molar-refractivity contribution is 7.13. The van der Waals surface area contributed by atoms with Crippen molar-refractivity contribution in [1.82, 2.24) is 10.2 Å². The van der Waals surface area contributed by atoms with Gasteiger partial charge in [0, 0.05) is 0 Å². The zero-order valence-corrected chi connectivity index (χ0v) is 13.2. The summed E-state index contributed by atoms with van der Waals surface area (Å²) in [7, 11) is 0. The van der Waals surface area contributed by atoms with E-state index in [4.69, 9.17) is 13.9 Å². The van der Waals surface area contributed by atoms with Crippen molar-refractivity contribution < 1.29 is 13.9 Å². The van der Waals surface area contributed by atoms with E-state index < -0.39 is 0 Å². The van der Waals surface area contributed by atoms with Crippen molar-refractivity contribution in [2.75, 3.05) is 6.61 Å². The molecule has 2 aromatic heterocycles. The van der Waals surface area contributed by atoms with E-state index in [9.17, 15) is 0 Å². The van der Waals surface area contributed by atoms with Gasteiger partial charge >= 0.3 is 0 Å². The predicted octanol–water partition coefficient (Wildman–Crippen LogP) is 4.34. The van der Waals surface area contributed by atoms with Crippen molar-refractivity contribution in [2.24, 2.45) is 0 Å². The number of ether oxygens (including phenoxy) is 2. The summed E-state index contributed by atoms with van der Waals surface area (Å²) in [6.07, 6.45) is -0.320. The zero-order chi connectivity index (χ0) is 15.4. The maximum atomic E-state index is 5.82. The van der Waals surface area contributed by atoms with E-state index in [0.717, 1.165) is 16.4 Å². The first kappa shape index (κ1) is 14.6. The third-order valence-corrected chi connectivity index (χ3v) is 3.83. The lowest BCUT2D eigenvalue weighted by Crippen LogP contribution is -2.03. The van der Waals surface area contributed by atoms with Crippen LogP contribution in [0.5, 0.6) is 11.5 Å². The third-order valence-electron chi connectivity index (χ3n) is 2.97. The van der Waals surface area contributed by atoms with Crippen LogP contribution in [0.25, 0.3) is 10.8 Å². The van der Waals surface area contributed by atoms with Crippen LogP contribution in [0.2, 0.25) is 0 Å². The number of hydrogen-bond acceptors (Lipinski definition) is 6. The fourth-order valence-corrected chi connectivity index (χ4v) is 2.58. The predicted molar refractivity (Wildman–Crippen MR) is 84.3 cm³/mol. The molecule has 3 rings (SSSR count). The molecule has 22 heavy (non-hydrogen) atoms. The van der Waals surface area contributed by atoms with E-state index in [2.05, 4.69) is 10.2 Å².